The Bertz CT molecular complexity index is 733. The van der Waals surface area contributed by atoms with Gasteiger partial charge in [0, 0.05) is 26.2 Å². The summed E-state index contributed by atoms with van der Waals surface area (Å²) in [5.41, 5.74) is 0.122. The van der Waals surface area contributed by atoms with Gasteiger partial charge in [-0.25, -0.2) is 0 Å². The van der Waals surface area contributed by atoms with Crippen molar-refractivity contribution in [1.29, 1.82) is 0 Å². The topological polar surface area (TPSA) is 77.9 Å². The highest BCUT2D eigenvalue weighted by Gasteiger charge is 2.49. The molecule has 0 aromatic heterocycles. The summed E-state index contributed by atoms with van der Waals surface area (Å²) in [7, 11) is 0. The average Bonchev–Trinajstić information content (AvgIpc) is 3.15. The molecule has 1 N–H and O–H groups in total. The van der Waals surface area contributed by atoms with Gasteiger partial charge in [0.2, 0.25) is 11.8 Å². The van der Waals surface area contributed by atoms with E-state index in [4.69, 9.17) is 0 Å². The van der Waals surface area contributed by atoms with Crippen LogP contribution in [-0.4, -0.2) is 58.9 Å². The fourth-order valence-corrected chi connectivity index (χ4v) is 4.46. The number of benzene rings is 1. The zero-order valence-electron chi connectivity index (χ0n) is 16.8. The molecule has 152 valence electrons. The summed E-state index contributed by atoms with van der Waals surface area (Å²) in [4.78, 5) is 41.1. The number of carboxylic acids is 1. The first-order valence-electron chi connectivity index (χ1n) is 10.2. The SMILES string of the molecule is CC(C)C1(C(=O)O)CCN(C(=O)C2CCCN(C(=O)Cc3ccccc3)C2)C1. The number of piperidine rings is 1. The van der Waals surface area contributed by atoms with Crippen LogP contribution in [0.3, 0.4) is 0 Å². The van der Waals surface area contributed by atoms with Gasteiger partial charge in [-0.2, -0.15) is 0 Å². The van der Waals surface area contributed by atoms with Crippen LogP contribution in [0.4, 0.5) is 0 Å². The monoisotopic (exact) mass is 386 g/mol. The molecule has 1 aromatic carbocycles. The van der Waals surface area contributed by atoms with E-state index < -0.39 is 11.4 Å². The molecule has 2 aliphatic rings. The van der Waals surface area contributed by atoms with E-state index in [1.807, 2.05) is 44.2 Å². The summed E-state index contributed by atoms with van der Waals surface area (Å²) in [6.45, 7) is 5.69. The number of hydrogen-bond acceptors (Lipinski definition) is 3. The van der Waals surface area contributed by atoms with Crippen molar-refractivity contribution >= 4 is 17.8 Å². The Balaban J connectivity index is 1.62. The van der Waals surface area contributed by atoms with Gasteiger partial charge in [-0.3, -0.25) is 14.4 Å². The van der Waals surface area contributed by atoms with Crippen LogP contribution in [-0.2, 0) is 20.8 Å². The fraction of sp³-hybridized carbons (Fsp3) is 0.591. The quantitative estimate of drug-likeness (QED) is 0.843. The number of hydrogen-bond donors (Lipinski definition) is 1. The number of carbonyl (C=O) groups excluding carboxylic acids is 2. The molecule has 2 saturated heterocycles. The van der Waals surface area contributed by atoms with Gasteiger partial charge in [-0.1, -0.05) is 44.2 Å². The molecule has 6 heteroatoms. The normalized spacial score (nSPS) is 25.2. The van der Waals surface area contributed by atoms with Crippen LogP contribution in [0.15, 0.2) is 30.3 Å². The summed E-state index contributed by atoms with van der Waals surface area (Å²) in [6, 6.07) is 9.63. The highest BCUT2D eigenvalue weighted by molar-refractivity contribution is 5.84. The second kappa shape index (κ2) is 8.33. The van der Waals surface area contributed by atoms with Crippen LogP contribution < -0.4 is 0 Å². The van der Waals surface area contributed by atoms with E-state index >= 15 is 0 Å². The summed E-state index contributed by atoms with van der Waals surface area (Å²) in [5.74, 6) is -1.03. The third-order valence-electron chi connectivity index (χ3n) is 6.47. The number of rotatable bonds is 5. The largest absolute Gasteiger partial charge is 0.481 e. The number of nitrogens with zero attached hydrogens (tertiary/aromatic N) is 2. The Hall–Kier alpha value is -2.37. The standard InChI is InChI=1S/C22H30N2O4/c1-16(2)22(21(27)28)10-12-24(15-22)20(26)18-9-6-11-23(14-18)19(25)13-17-7-4-3-5-8-17/h3-5,7-8,16,18H,6,9-15H2,1-2H3,(H,27,28). The van der Waals surface area contributed by atoms with Crippen LogP contribution in [0.1, 0.15) is 38.7 Å². The minimum Gasteiger partial charge on any atom is -0.481 e. The molecule has 28 heavy (non-hydrogen) atoms. The van der Waals surface area contributed by atoms with E-state index in [1.165, 1.54) is 0 Å². The number of carbonyl (C=O) groups is 3. The molecule has 2 amide bonds. The summed E-state index contributed by atoms with van der Waals surface area (Å²) in [5, 5.41) is 9.71. The van der Waals surface area contributed by atoms with E-state index in [0.29, 0.717) is 32.5 Å². The van der Waals surface area contributed by atoms with Crippen molar-refractivity contribution in [1.82, 2.24) is 9.80 Å². The molecule has 0 saturated carbocycles. The average molecular weight is 386 g/mol. The highest BCUT2D eigenvalue weighted by atomic mass is 16.4. The molecular weight excluding hydrogens is 356 g/mol. The maximum absolute atomic E-state index is 13.1. The molecule has 2 unspecified atom stereocenters. The van der Waals surface area contributed by atoms with E-state index in [2.05, 4.69) is 0 Å². The summed E-state index contributed by atoms with van der Waals surface area (Å²) >= 11 is 0. The van der Waals surface area contributed by atoms with Gasteiger partial charge in [0.15, 0.2) is 0 Å². The van der Waals surface area contributed by atoms with Crippen molar-refractivity contribution in [2.75, 3.05) is 26.2 Å². The number of amides is 2. The molecule has 0 spiro atoms. The number of aliphatic carboxylic acids is 1. The van der Waals surface area contributed by atoms with Crippen LogP contribution in [0, 0.1) is 17.3 Å². The molecule has 2 atom stereocenters. The van der Waals surface area contributed by atoms with Crippen LogP contribution in [0.2, 0.25) is 0 Å². The molecular formula is C22H30N2O4. The van der Waals surface area contributed by atoms with Gasteiger partial charge in [-0.05, 0) is 30.7 Å². The predicted octanol–water partition coefficient (Wildman–Crippen LogP) is 2.43. The second-order valence-electron chi connectivity index (χ2n) is 8.47. The maximum atomic E-state index is 13.1. The first kappa shape index (κ1) is 20.4. The lowest BCUT2D eigenvalue weighted by Gasteiger charge is -2.35. The minimum absolute atomic E-state index is 0.000913. The van der Waals surface area contributed by atoms with Gasteiger partial charge in [0.05, 0.1) is 17.8 Å². The Morgan fingerprint density at radius 1 is 1.14 bits per heavy atom. The van der Waals surface area contributed by atoms with Crippen LogP contribution in [0.5, 0.6) is 0 Å². The van der Waals surface area contributed by atoms with Crippen molar-refractivity contribution in [2.24, 2.45) is 17.3 Å². The van der Waals surface area contributed by atoms with Gasteiger partial charge < -0.3 is 14.9 Å². The molecule has 2 heterocycles. The zero-order chi connectivity index (χ0) is 20.3. The van der Waals surface area contributed by atoms with Gasteiger partial charge in [-0.15, -0.1) is 0 Å². The molecule has 0 radical (unpaired) electrons. The Kier molecular flexibility index (Phi) is 6.06. The van der Waals surface area contributed by atoms with Crippen molar-refractivity contribution in [3.8, 4) is 0 Å². The maximum Gasteiger partial charge on any atom is 0.311 e. The second-order valence-corrected chi connectivity index (χ2v) is 8.47. The lowest BCUT2D eigenvalue weighted by molar-refractivity contribution is -0.151. The van der Waals surface area contributed by atoms with Crippen molar-refractivity contribution in [3.63, 3.8) is 0 Å². The highest BCUT2D eigenvalue weighted by Crippen LogP contribution is 2.39. The molecule has 2 aliphatic heterocycles. The van der Waals surface area contributed by atoms with Crippen LogP contribution in [0.25, 0.3) is 0 Å². The van der Waals surface area contributed by atoms with Gasteiger partial charge in [0.1, 0.15) is 0 Å². The van der Waals surface area contributed by atoms with Gasteiger partial charge >= 0.3 is 5.97 Å². The molecule has 0 bridgehead atoms. The van der Waals surface area contributed by atoms with Crippen molar-refractivity contribution in [3.05, 3.63) is 35.9 Å². The molecule has 2 fully saturated rings. The first-order chi connectivity index (χ1) is 13.3. The van der Waals surface area contributed by atoms with Crippen molar-refractivity contribution in [2.45, 2.75) is 39.5 Å². The zero-order valence-corrected chi connectivity index (χ0v) is 16.8. The molecule has 6 nitrogen and oxygen atoms in total. The fourth-order valence-electron chi connectivity index (χ4n) is 4.46. The Morgan fingerprint density at radius 2 is 1.86 bits per heavy atom. The number of likely N-dealkylation sites (tertiary alicyclic amines) is 2. The van der Waals surface area contributed by atoms with Crippen LogP contribution >= 0.6 is 0 Å². The van der Waals surface area contributed by atoms with Crippen molar-refractivity contribution < 1.29 is 19.5 Å². The Labute approximate surface area is 166 Å². The van der Waals surface area contributed by atoms with E-state index in [1.54, 1.807) is 9.80 Å². The van der Waals surface area contributed by atoms with E-state index in [-0.39, 0.29) is 30.2 Å². The third kappa shape index (κ3) is 4.05. The summed E-state index contributed by atoms with van der Waals surface area (Å²) < 4.78 is 0. The lowest BCUT2D eigenvalue weighted by atomic mass is 9.76. The van der Waals surface area contributed by atoms with E-state index in [9.17, 15) is 19.5 Å². The third-order valence-corrected chi connectivity index (χ3v) is 6.47. The number of carboxylic acid groups (broad SMARTS) is 1. The Morgan fingerprint density at radius 3 is 2.46 bits per heavy atom. The first-order valence-corrected chi connectivity index (χ1v) is 10.2. The molecule has 0 aliphatic carbocycles. The van der Waals surface area contributed by atoms with E-state index in [0.717, 1.165) is 18.4 Å². The smallest absolute Gasteiger partial charge is 0.311 e. The molecule has 1 aromatic rings. The predicted molar refractivity (Wildman–Crippen MR) is 106 cm³/mol. The summed E-state index contributed by atoms with van der Waals surface area (Å²) in [6.07, 6.45) is 2.40. The van der Waals surface area contributed by atoms with Gasteiger partial charge in [0.25, 0.3) is 0 Å². The lowest BCUT2D eigenvalue weighted by Crippen LogP contribution is -2.48. The molecule has 3 rings (SSSR count). The minimum atomic E-state index is -0.854.